The number of hydrogen-bond acceptors (Lipinski definition) is 2. The lowest BCUT2D eigenvalue weighted by molar-refractivity contribution is 0.101. The van der Waals surface area contributed by atoms with E-state index in [9.17, 15) is 4.79 Å². The quantitative estimate of drug-likeness (QED) is 0.777. The van der Waals surface area contributed by atoms with Gasteiger partial charge in [0.05, 0.1) is 5.02 Å². The van der Waals surface area contributed by atoms with Crippen LogP contribution in [0.1, 0.15) is 21.7 Å². The molecule has 0 fully saturated rings. The Hall–Kier alpha value is -1.06. The monoisotopic (exact) mass is 298 g/mol. The van der Waals surface area contributed by atoms with E-state index in [2.05, 4.69) is 15.9 Å². The molecule has 0 saturated carbocycles. The molecule has 2 aromatic rings. The molecule has 0 N–H and O–H groups in total. The fraction of sp³-hybridized carbons (Fsp3) is 0.0833. The topological polar surface area (TPSA) is 30.2 Å². The standard InChI is InChI=1S/C12H8BrClO2/c1-7-2-3-8(9(14)6-7)12(15)10-4-5-11(13)16-10/h2-6H,1H3. The minimum Gasteiger partial charge on any atom is -0.446 e. The first-order valence-corrected chi connectivity index (χ1v) is 5.81. The zero-order valence-electron chi connectivity index (χ0n) is 8.46. The van der Waals surface area contributed by atoms with Crippen LogP contribution in [0.2, 0.25) is 5.02 Å². The molecule has 82 valence electrons. The molecule has 0 saturated heterocycles. The zero-order valence-corrected chi connectivity index (χ0v) is 10.8. The average molecular weight is 300 g/mol. The van der Waals surface area contributed by atoms with Crippen LogP contribution in [-0.2, 0) is 0 Å². The SMILES string of the molecule is Cc1ccc(C(=O)c2ccc(Br)o2)c(Cl)c1. The number of rotatable bonds is 2. The molecule has 1 heterocycles. The largest absolute Gasteiger partial charge is 0.446 e. The molecule has 0 aliphatic rings. The fourth-order valence-electron chi connectivity index (χ4n) is 1.37. The van der Waals surface area contributed by atoms with Crippen LogP contribution < -0.4 is 0 Å². The molecule has 0 aliphatic heterocycles. The minimum absolute atomic E-state index is 0.212. The zero-order chi connectivity index (χ0) is 11.7. The summed E-state index contributed by atoms with van der Waals surface area (Å²) in [7, 11) is 0. The molecule has 0 spiro atoms. The van der Waals surface area contributed by atoms with Crippen LogP contribution in [0.3, 0.4) is 0 Å². The van der Waals surface area contributed by atoms with Crippen LogP contribution in [0.5, 0.6) is 0 Å². The van der Waals surface area contributed by atoms with Crippen LogP contribution in [-0.4, -0.2) is 5.78 Å². The van der Waals surface area contributed by atoms with E-state index in [0.717, 1.165) is 5.56 Å². The lowest BCUT2D eigenvalue weighted by Crippen LogP contribution is -2.00. The van der Waals surface area contributed by atoms with Crippen LogP contribution >= 0.6 is 27.5 Å². The first-order valence-electron chi connectivity index (χ1n) is 4.64. The Morgan fingerprint density at radius 1 is 1.31 bits per heavy atom. The Balaban J connectivity index is 2.41. The number of benzene rings is 1. The van der Waals surface area contributed by atoms with Gasteiger partial charge in [0, 0.05) is 5.56 Å². The lowest BCUT2D eigenvalue weighted by Gasteiger charge is -2.02. The molecular weight excluding hydrogens is 291 g/mol. The van der Waals surface area contributed by atoms with E-state index < -0.39 is 0 Å². The summed E-state index contributed by atoms with van der Waals surface area (Å²) in [6.07, 6.45) is 0. The molecule has 1 aromatic carbocycles. The Morgan fingerprint density at radius 3 is 2.62 bits per heavy atom. The van der Waals surface area contributed by atoms with Crippen LogP contribution in [0.4, 0.5) is 0 Å². The molecule has 16 heavy (non-hydrogen) atoms. The first kappa shape index (κ1) is 11.4. The molecule has 4 heteroatoms. The van der Waals surface area contributed by atoms with Crippen molar-refractivity contribution in [2.45, 2.75) is 6.92 Å². The van der Waals surface area contributed by atoms with Gasteiger partial charge in [0.2, 0.25) is 5.78 Å². The highest BCUT2D eigenvalue weighted by molar-refractivity contribution is 9.10. The van der Waals surface area contributed by atoms with Gasteiger partial charge in [0.25, 0.3) is 0 Å². The molecule has 2 rings (SSSR count). The third-order valence-electron chi connectivity index (χ3n) is 2.17. The molecule has 0 amide bonds. The van der Waals surface area contributed by atoms with E-state index in [0.29, 0.717) is 15.3 Å². The number of carbonyl (C=O) groups is 1. The van der Waals surface area contributed by atoms with Gasteiger partial charge in [-0.2, -0.15) is 0 Å². The Labute approximate surface area is 106 Å². The summed E-state index contributed by atoms with van der Waals surface area (Å²) in [5.74, 6) is 0.0633. The van der Waals surface area contributed by atoms with Crippen molar-refractivity contribution in [3.63, 3.8) is 0 Å². The number of halogens is 2. The molecule has 1 aromatic heterocycles. The van der Waals surface area contributed by atoms with Gasteiger partial charge in [-0.1, -0.05) is 17.7 Å². The van der Waals surface area contributed by atoms with E-state index in [1.54, 1.807) is 24.3 Å². The fourth-order valence-corrected chi connectivity index (χ4v) is 2.00. The van der Waals surface area contributed by atoms with Crippen molar-refractivity contribution in [2.75, 3.05) is 0 Å². The second-order valence-electron chi connectivity index (χ2n) is 3.42. The molecule has 2 nitrogen and oxygen atoms in total. The highest BCUT2D eigenvalue weighted by Crippen LogP contribution is 2.23. The Kier molecular flexibility index (Phi) is 3.17. The van der Waals surface area contributed by atoms with E-state index in [4.69, 9.17) is 16.0 Å². The van der Waals surface area contributed by atoms with Gasteiger partial charge < -0.3 is 4.42 Å². The third kappa shape index (κ3) is 2.20. The van der Waals surface area contributed by atoms with Gasteiger partial charge in [-0.05, 0) is 52.7 Å². The summed E-state index contributed by atoms with van der Waals surface area (Å²) in [5, 5.41) is 0.442. The Morgan fingerprint density at radius 2 is 2.06 bits per heavy atom. The third-order valence-corrected chi connectivity index (χ3v) is 2.91. The van der Waals surface area contributed by atoms with E-state index in [1.807, 2.05) is 13.0 Å². The normalized spacial score (nSPS) is 10.4. The van der Waals surface area contributed by atoms with Crippen molar-refractivity contribution in [2.24, 2.45) is 0 Å². The van der Waals surface area contributed by atoms with E-state index >= 15 is 0 Å². The molecular formula is C12H8BrClO2. The predicted octanol–water partition coefficient (Wildman–Crippen LogP) is 4.23. The first-order chi connectivity index (χ1) is 7.58. The van der Waals surface area contributed by atoms with E-state index in [1.165, 1.54) is 0 Å². The second kappa shape index (κ2) is 4.44. The number of ketones is 1. The summed E-state index contributed by atoms with van der Waals surface area (Å²) in [5.41, 5.74) is 1.47. The summed E-state index contributed by atoms with van der Waals surface area (Å²) >= 11 is 9.16. The average Bonchev–Trinajstić information content (AvgIpc) is 2.64. The highest BCUT2D eigenvalue weighted by atomic mass is 79.9. The lowest BCUT2D eigenvalue weighted by atomic mass is 10.1. The highest BCUT2D eigenvalue weighted by Gasteiger charge is 2.16. The van der Waals surface area contributed by atoms with Crippen LogP contribution in [0.25, 0.3) is 0 Å². The molecule has 0 radical (unpaired) electrons. The second-order valence-corrected chi connectivity index (χ2v) is 4.60. The van der Waals surface area contributed by atoms with Crippen molar-refractivity contribution in [1.29, 1.82) is 0 Å². The number of carbonyl (C=O) groups excluding carboxylic acids is 1. The van der Waals surface area contributed by atoms with Gasteiger partial charge in [-0.25, -0.2) is 0 Å². The molecule has 0 bridgehead atoms. The van der Waals surface area contributed by atoms with Crippen molar-refractivity contribution >= 4 is 33.3 Å². The maximum Gasteiger partial charge on any atom is 0.229 e. The van der Waals surface area contributed by atoms with Crippen molar-refractivity contribution in [3.05, 3.63) is 56.9 Å². The van der Waals surface area contributed by atoms with Crippen molar-refractivity contribution in [1.82, 2.24) is 0 Å². The maximum atomic E-state index is 12.0. The predicted molar refractivity (Wildman–Crippen MR) is 66.0 cm³/mol. The maximum absolute atomic E-state index is 12.0. The summed E-state index contributed by atoms with van der Waals surface area (Å²) in [6, 6.07) is 8.60. The van der Waals surface area contributed by atoms with Gasteiger partial charge in [-0.15, -0.1) is 0 Å². The smallest absolute Gasteiger partial charge is 0.229 e. The number of hydrogen-bond donors (Lipinski definition) is 0. The van der Waals surface area contributed by atoms with Gasteiger partial charge in [-0.3, -0.25) is 4.79 Å². The minimum atomic E-state index is -0.212. The van der Waals surface area contributed by atoms with E-state index in [-0.39, 0.29) is 11.5 Å². The van der Waals surface area contributed by atoms with Gasteiger partial charge in [0.1, 0.15) is 0 Å². The van der Waals surface area contributed by atoms with Crippen molar-refractivity contribution in [3.8, 4) is 0 Å². The summed E-state index contributed by atoms with van der Waals surface area (Å²) in [6.45, 7) is 1.92. The number of aryl methyl sites for hydroxylation is 1. The number of furan rings is 1. The van der Waals surface area contributed by atoms with Crippen LogP contribution in [0.15, 0.2) is 39.4 Å². The van der Waals surface area contributed by atoms with Crippen molar-refractivity contribution < 1.29 is 9.21 Å². The van der Waals surface area contributed by atoms with Gasteiger partial charge >= 0.3 is 0 Å². The Bertz CT molecular complexity index is 546. The molecule has 0 unspecified atom stereocenters. The molecule has 0 atom stereocenters. The van der Waals surface area contributed by atoms with Gasteiger partial charge in [0.15, 0.2) is 10.4 Å². The molecule has 0 aliphatic carbocycles. The summed E-state index contributed by atoms with van der Waals surface area (Å²) < 4.78 is 5.72. The summed E-state index contributed by atoms with van der Waals surface area (Å²) in [4.78, 5) is 12.0. The van der Waals surface area contributed by atoms with Crippen LogP contribution in [0, 0.1) is 6.92 Å².